The third kappa shape index (κ3) is 1.90. The molecule has 0 atom stereocenters. The fourth-order valence-electron chi connectivity index (χ4n) is 2.34. The number of pyridine rings is 1. The SMILES string of the molecule is NC(=S)c1ccc(-n2cnc3c2CCCC3)nc1. The van der Waals surface area contributed by atoms with Crippen LogP contribution < -0.4 is 5.73 Å². The number of hydrogen-bond acceptors (Lipinski definition) is 3. The molecule has 0 fully saturated rings. The zero-order chi connectivity index (χ0) is 12.5. The van der Waals surface area contributed by atoms with Crippen molar-refractivity contribution < 1.29 is 0 Å². The molecule has 0 aromatic carbocycles. The molecule has 5 heteroatoms. The van der Waals surface area contributed by atoms with Gasteiger partial charge in [0.2, 0.25) is 0 Å². The normalized spacial score (nSPS) is 14.2. The van der Waals surface area contributed by atoms with Gasteiger partial charge in [-0.3, -0.25) is 4.57 Å². The van der Waals surface area contributed by atoms with Crippen LogP contribution in [0.25, 0.3) is 5.82 Å². The quantitative estimate of drug-likeness (QED) is 0.834. The van der Waals surface area contributed by atoms with E-state index in [1.54, 1.807) is 6.20 Å². The topological polar surface area (TPSA) is 56.7 Å². The van der Waals surface area contributed by atoms with E-state index in [2.05, 4.69) is 14.5 Å². The first-order chi connectivity index (χ1) is 8.75. The van der Waals surface area contributed by atoms with Crippen LogP contribution in [-0.2, 0) is 12.8 Å². The van der Waals surface area contributed by atoms with E-state index in [0.717, 1.165) is 24.2 Å². The highest BCUT2D eigenvalue weighted by atomic mass is 32.1. The van der Waals surface area contributed by atoms with Crippen LogP contribution in [0.5, 0.6) is 0 Å². The lowest BCUT2D eigenvalue weighted by molar-refractivity contribution is 0.654. The van der Waals surface area contributed by atoms with E-state index in [1.807, 2.05) is 18.5 Å². The average molecular weight is 258 g/mol. The van der Waals surface area contributed by atoms with E-state index >= 15 is 0 Å². The van der Waals surface area contributed by atoms with E-state index in [-0.39, 0.29) is 0 Å². The van der Waals surface area contributed by atoms with Crippen LogP contribution in [0.2, 0.25) is 0 Å². The van der Waals surface area contributed by atoms with E-state index in [1.165, 1.54) is 24.2 Å². The number of nitrogens with two attached hydrogens (primary N) is 1. The first-order valence-electron chi connectivity index (χ1n) is 6.07. The number of thiocarbonyl (C=S) groups is 1. The Hall–Kier alpha value is -1.75. The Labute approximate surface area is 111 Å². The predicted octanol–water partition coefficient (Wildman–Crippen LogP) is 1.78. The van der Waals surface area contributed by atoms with E-state index in [0.29, 0.717) is 4.99 Å². The van der Waals surface area contributed by atoms with Gasteiger partial charge in [-0.25, -0.2) is 9.97 Å². The van der Waals surface area contributed by atoms with Crippen molar-refractivity contribution in [3.63, 3.8) is 0 Å². The Balaban J connectivity index is 1.99. The van der Waals surface area contributed by atoms with Gasteiger partial charge in [-0.2, -0.15) is 0 Å². The lowest BCUT2D eigenvalue weighted by Crippen LogP contribution is -2.11. The summed E-state index contributed by atoms with van der Waals surface area (Å²) in [6, 6.07) is 3.84. The van der Waals surface area contributed by atoms with Crippen LogP contribution >= 0.6 is 12.2 Å². The second kappa shape index (κ2) is 4.49. The molecular weight excluding hydrogens is 244 g/mol. The molecule has 0 saturated heterocycles. The Bertz CT molecular complexity index is 586. The lowest BCUT2D eigenvalue weighted by Gasteiger charge is -2.13. The molecule has 2 N–H and O–H groups in total. The summed E-state index contributed by atoms with van der Waals surface area (Å²) in [5, 5.41) is 0. The third-order valence-electron chi connectivity index (χ3n) is 3.31. The van der Waals surface area contributed by atoms with Gasteiger partial charge in [-0.05, 0) is 37.8 Å². The van der Waals surface area contributed by atoms with Crippen molar-refractivity contribution >= 4 is 17.2 Å². The van der Waals surface area contributed by atoms with Gasteiger partial charge in [-0.1, -0.05) is 12.2 Å². The monoisotopic (exact) mass is 258 g/mol. The molecule has 0 aliphatic heterocycles. The molecule has 2 aromatic heterocycles. The summed E-state index contributed by atoms with van der Waals surface area (Å²) in [6.07, 6.45) is 8.19. The van der Waals surface area contributed by atoms with Crippen LogP contribution in [0, 0.1) is 0 Å². The zero-order valence-corrected chi connectivity index (χ0v) is 10.8. The molecule has 4 nitrogen and oxygen atoms in total. The molecule has 1 aliphatic carbocycles. The Morgan fingerprint density at radius 3 is 2.78 bits per heavy atom. The highest BCUT2D eigenvalue weighted by Gasteiger charge is 2.16. The molecule has 92 valence electrons. The van der Waals surface area contributed by atoms with Crippen molar-refractivity contribution in [1.82, 2.24) is 14.5 Å². The molecule has 0 bridgehead atoms. The number of aromatic nitrogens is 3. The van der Waals surface area contributed by atoms with E-state index in [9.17, 15) is 0 Å². The fourth-order valence-corrected chi connectivity index (χ4v) is 2.46. The van der Waals surface area contributed by atoms with Gasteiger partial charge >= 0.3 is 0 Å². The molecule has 0 radical (unpaired) electrons. The standard InChI is InChI=1S/C13H14N4S/c14-13(18)9-5-6-12(15-7-9)17-8-16-10-3-1-2-4-11(10)17/h5-8H,1-4H2,(H2,14,18). The number of aryl methyl sites for hydroxylation is 1. The zero-order valence-electron chi connectivity index (χ0n) is 9.97. The number of rotatable bonds is 2. The summed E-state index contributed by atoms with van der Waals surface area (Å²) >= 11 is 4.92. The van der Waals surface area contributed by atoms with Crippen LogP contribution in [0.15, 0.2) is 24.7 Å². The highest BCUT2D eigenvalue weighted by molar-refractivity contribution is 7.80. The van der Waals surface area contributed by atoms with E-state index in [4.69, 9.17) is 18.0 Å². The Morgan fingerprint density at radius 2 is 2.06 bits per heavy atom. The van der Waals surface area contributed by atoms with Crippen molar-refractivity contribution in [2.24, 2.45) is 5.73 Å². The summed E-state index contributed by atoms with van der Waals surface area (Å²) in [7, 11) is 0. The summed E-state index contributed by atoms with van der Waals surface area (Å²) in [5.41, 5.74) is 8.86. The average Bonchev–Trinajstić information content (AvgIpc) is 2.82. The maximum atomic E-state index is 5.57. The van der Waals surface area contributed by atoms with Crippen molar-refractivity contribution in [2.45, 2.75) is 25.7 Å². The van der Waals surface area contributed by atoms with E-state index < -0.39 is 0 Å². The molecule has 0 amide bonds. The number of imidazole rings is 1. The summed E-state index contributed by atoms with van der Waals surface area (Å²) in [5.74, 6) is 0.880. The molecule has 0 saturated carbocycles. The van der Waals surface area contributed by atoms with Gasteiger partial charge in [0.25, 0.3) is 0 Å². The summed E-state index contributed by atoms with van der Waals surface area (Å²) in [4.78, 5) is 9.25. The largest absolute Gasteiger partial charge is 0.389 e. The van der Waals surface area contributed by atoms with Crippen molar-refractivity contribution in [3.8, 4) is 5.82 Å². The maximum absolute atomic E-state index is 5.57. The molecular formula is C13H14N4S. The minimum absolute atomic E-state index is 0.377. The highest BCUT2D eigenvalue weighted by Crippen LogP contribution is 2.22. The Morgan fingerprint density at radius 1 is 1.22 bits per heavy atom. The van der Waals surface area contributed by atoms with Crippen LogP contribution in [0.1, 0.15) is 29.8 Å². The van der Waals surface area contributed by atoms with Gasteiger partial charge in [-0.15, -0.1) is 0 Å². The second-order valence-electron chi connectivity index (χ2n) is 4.48. The molecule has 0 spiro atoms. The number of hydrogen-bond donors (Lipinski definition) is 1. The number of nitrogens with zero attached hydrogens (tertiary/aromatic N) is 3. The predicted molar refractivity (Wildman–Crippen MR) is 73.9 cm³/mol. The Kier molecular flexibility index (Phi) is 2.83. The molecule has 2 aromatic rings. The minimum Gasteiger partial charge on any atom is -0.389 e. The minimum atomic E-state index is 0.377. The van der Waals surface area contributed by atoms with Crippen molar-refractivity contribution in [1.29, 1.82) is 0 Å². The van der Waals surface area contributed by atoms with Crippen molar-refractivity contribution in [2.75, 3.05) is 0 Å². The third-order valence-corrected chi connectivity index (χ3v) is 3.55. The molecule has 18 heavy (non-hydrogen) atoms. The van der Waals surface area contributed by atoms with Gasteiger partial charge in [0.05, 0.1) is 5.69 Å². The summed E-state index contributed by atoms with van der Waals surface area (Å²) in [6.45, 7) is 0. The first-order valence-corrected chi connectivity index (χ1v) is 6.48. The van der Waals surface area contributed by atoms with Crippen LogP contribution in [0.4, 0.5) is 0 Å². The van der Waals surface area contributed by atoms with Crippen LogP contribution in [-0.4, -0.2) is 19.5 Å². The van der Waals surface area contributed by atoms with Gasteiger partial charge in [0, 0.05) is 17.5 Å². The smallest absolute Gasteiger partial charge is 0.138 e. The van der Waals surface area contributed by atoms with Gasteiger partial charge in [0.1, 0.15) is 17.1 Å². The molecule has 0 unspecified atom stereocenters. The summed E-state index contributed by atoms with van der Waals surface area (Å²) < 4.78 is 2.07. The van der Waals surface area contributed by atoms with Crippen molar-refractivity contribution in [3.05, 3.63) is 41.6 Å². The van der Waals surface area contributed by atoms with Crippen LogP contribution in [0.3, 0.4) is 0 Å². The maximum Gasteiger partial charge on any atom is 0.138 e. The molecule has 3 rings (SSSR count). The fraction of sp³-hybridized carbons (Fsp3) is 0.308. The first kappa shape index (κ1) is 11.3. The number of fused-ring (bicyclic) bond motifs is 1. The molecule has 2 heterocycles. The second-order valence-corrected chi connectivity index (χ2v) is 4.92. The lowest BCUT2D eigenvalue weighted by atomic mass is 10.0. The van der Waals surface area contributed by atoms with Gasteiger partial charge < -0.3 is 5.73 Å². The van der Waals surface area contributed by atoms with Gasteiger partial charge in [0.15, 0.2) is 0 Å². The molecule has 1 aliphatic rings.